The number of aryl methyl sites for hydroxylation is 2. The average Bonchev–Trinajstić information content (AvgIpc) is 2.87. The highest BCUT2D eigenvalue weighted by atomic mass is 16.5. The van der Waals surface area contributed by atoms with E-state index in [1.165, 1.54) is 0 Å². The third-order valence-electron chi connectivity index (χ3n) is 6.44. The van der Waals surface area contributed by atoms with E-state index < -0.39 is 6.04 Å². The summed E-state index contributed by atoms with van der Waals surface area (Å²) in [6.07, 6.45) is 2.31. The third kappa shape index (κ3) is 7.70. The Balaban J connectivity index is 1.90. The summed E-state index contributed by atoms with van der Waals surface area (Å²) in [6.45, 7) is 8.90. The van der Waals surface area contributed by atoms with Gasteiger partial charge in [0.15, 0.2) is 6.61 Å². The molecule has 0 aliphatic rings. The van der Waals surface area contributed by atoms with Crippen molar-refractivity contribution in [1.29, 1.82) is 0 Å². The van der Waals surface area contributed by atoms with Gasteiger partial charge < -0.3 is 15.0 Å². The highest BCUT2D eigenvalue weighted by Crippen LogP contribution is 2.21. The molecule has 0 heterocycles. The van der Waals surface area contributed by atoms with Crippen molar-refractivity contribution in [3.63, 3.8) is 0 Å². The van der Waals surface area contributed by atoms with Crippen molar-refractivity contribution in [3.8, 4) is 5.75 Å². The van der Waals surface area contributed by atoms with Crippen LogP contribution in [0, 0.1) is 20.8 Å². The first-order valence-corrected chi connectivity index (χ1v) is 12.7. The molecular formula is C31H38N2O3. The second-order valence-electron chi connectivity index (χ2n) is 9.35. The van der Waals surface area contributed by atoms with E-state index in [0.717, 1.165) is 40.7 Å². The molecule has 0 radical (unpaired) electrons. The van der Waals surface area contributed by atoms with E-state index in [2.05, 4.69) is 18.3 Å². The molecule has 5 nitrogen and oxygen atoms in total. The van der Waals surface area contributed by atoms with Gasteiger partial charge in [-0.05, 0) is 55.5 Å². The molecule has 0 aromatic heterocycles. The van der Waals surface area contributed by atoms with Crippen molar-refractivity contribution in [2.45, 2.75) is 59.5 Å². The Morgan fingerprint density at radius 1 is 0.917 bits per heavy atom. The lowest BCUT2D eigenvalue weighted by atomic mass is 10.0. The Morgan fingerprint density at radius 2 is 1.64 bits per heavy atom. The van der Waals surface area contributed by atoms with E-state index >= 15 is 0 Å². The number of hydrogen-bond acceptors (Lipinski definition) is 3. The normalized spacial score (nSPS) is 11.6. The summed E-state index contributed by atoms with van der Waals surface area (Å²) in [6, 6.07) is 23.1. The molecule has 0 fully saturated rings. The molecule has 0 bridgehead atoms. The van der Waals surface area contributed by atoms with Crippen LogP contribution in [0.4, 0.5) is 0 Å². The molecule has 3 aromatic carbocycles. The molecule has 1 N–H and O–H groups in total. The number of carbonyl (C=O) groups excluding carboxylic acids is 2. The predicted molar refractivity (Wildman–Crippen MR) is 145 cm³/mol. The van der Waals surface area contributed by atoms with E-state index in [0.29, 0.717) is 25.3 Å². The molecule has 190 valence electrons. The molecule has 3 aromatic rings. The number of nitrogens with one attached hydrogen (secondary N) is 1. The van der Waals surface area contributed by atoms with Gasteiger partial charge in [-0.3, -0.25) is 9.59 Å². The average molecular weight is 487 g/mol. The molecule has 1 atom stereocenters. The fourth-order valence-corrected chi connectivity index (χ4v) is 4.17. The SMILES string of the molecule is CCCCNC(=O)[C@H](Cc1ccccc1)N(Cc1cccc(C)c1)C(=O)COc1cccc(C)c1C. The lowest BCUT2D eigenvalue weighted by Crippen LogP contribution is -2.51. The topological polar surface area (TPSA) is 58.6 Å². The van der Waals surface area contributed by atoms with Gasteiger partial charge in [0, 0.05) is 19.5 Å². The molecule has 3 rings (SSSR count). The lowest BCUT2D eigenvalue weighted by Gasteiger charge is -2.31. The van der Waals surface area contributed by atoms with Gasteiger partial charge in [-0.15, -0.1) is 0 Å². The first kappa shape index (κ1) is 27.0. The van der Waals surface area contributed by atoms with Crippen molar-refractivity contribution in [2.24, 2.45) is 0 Å². The van der Waals surface area contributed by atoms with Crippen LogP contribution in [0.1, 0.15) is 47.6 Å². The molecule has 36 heavy (non-hydrogen) atoms. The smallest absolute Gasteiger partial charge is 0.261 e. The first-order valence-electron chi connectivity index (χ1n) is 12.7. The van der Waals surface area contributed by atoms with Crippen LogP contribution in [-0.2, 0) is 22.6 Å². The maximum absolute atomic E-state index is 13.7. The van der Waals surface area contributed by atoms with Gasteiger partial charge in [0.1, 0.15) is 11.8 Å². The molecule has 0 aliphatic carbocycles. The fourth-order valence-electron chi connectivity index (χ4n) is 4.17. The Kier molecular flexibility index (Phi) is 10.1. The van der Waals surface area contributed by atoms with Crippen molar-refractivity contribution < 1.29 is 14.3 Å². The predicted octanol–water partition coefficient (Wildman–Crippen LogP) is 5.55. The molecule has 5 heteroatoms. The number of amides is 2. The van der Waals surface area contributed by atoms with E-state index in [1.807, 2.05) is 87.5 Å². The van der Waals surface area contributed by atoms with E-state index in [4.69, 9.17) is 4.74 Å². The molecule has 0 saturated carbocycles. The van der Waals surface area contributed by atoms with E-state index in [-0.39, 0.29) is 18.4 Å². The summed E-state index contributed by atoms with van der Waals surface area (Å²) in [5, 5.41) is 3.05. The van der Waals surface area contributed by atoms with Crippen LogP contribution in [0.3, 0.4) is 0 Å². The zero-order valence-corrected chi connectivity index (χ0v) is 21.9. The minimum Gasteiger partial charge on any atom is -0.483 e. The maximum Gasteiger partial charge on any atom is 0.261 e. The second-order valence-corrected chi connectivity index (χ2v) is 9.35. The van der Waals surface area contributed by atoms with Gasteiger partial charge in [0.25, 0.3) is 5.91 Å². The van der Waals surface area contributed by atoms with Crippen molar-refractivity contribution in [2.75, 3.05) is 13.2 Å². The van der Waals surface area contributed by atoms with Crippen LogP contribution >= 0.6 is 0 Å². The third-order valence-corrected chi connectivity index (χ3v) is 6.44. The van der Waals surface area contributed by atoms with E-state index in [9.17, 15) is 9.59 Å². The Morgan fingerprint density at radius 3 is 2.36 bits per heavy atom. The fraction of sp³-hybridized carbons (Fsp3) is 0.355. The van der Waals surface area contributed by atoms with Crippen LogP contribution in [0.15, 0.2) is 72.8 Å². The monoisotopic (exact) mass is 486 g/mol. The Hall–Kier alpha value is -3.60. The standard InChI is InChI=1S/C31H38N2O3/c1-5-6-18-32-31(35)28(20-26-14-8-7-9-15-26)33(21-27-16-10-12-23(2)19-27)30(34)22-36-29-17-11-13-24(3)25(29)4/h7-17,19,28H,5-6,18,20-22H2,1-4H3,(H,32,35)/t28-/m0/s1. The number of ether oxygens (including phenoxy) is 1. The largest absolute Gasteiger partial charge is 0.483 e. The van der Waals surface area contributed by atoms with Gasteiger partial charge in [0.2, 0.25) is 5.91 Å². The molecule has 0 unspecified atom stereocenters. The number of hydrogen-bond donors (Lipinski definition) is 1. The van der Waals surface area contributed by atoms with Gasteiger partial charge in [-0.25, -0.2) is 0 Å². The molecule has 0 spiro atoms. The summed E-state index contributed by atoms with van der Waals surface area (Å²) in [5.41, 5.74) is 5.21. The Labute approximate surface area is 215 Å². The highest BCUT2D eigenvalue weighted by Gasteiger charge is 2.30. The van der Waals surface area contributed by atoms with Crippen LogP contribution in [-0.4, -0.2) is 35.9 Å². The van der Waals surface area contributed by atoms with Crippen LogP contribution in [0.2, 0.25) is 0 Å². The van der Waals surface area contributed by atoms with Crippen molar-refractivity contribution in [3.05, 3.63) is 101 Å². The van der Waals surface area contributed by atoms with Gasteiger partial charge >= 0.3 is 0 Å². The summed E-state index contributed by atoms with van der Waals surface area (Å²) in [4.78, 5) is 28.8. The van der Waals surface area contributed by atoms with Crippen molar-refractivity contribution in [1.82, 2.24) is 10.2 Å². The number of carbonyl (C=O) groups is 2. The quantitative estimate of drug-likeness (QED) is 0.342. The van der Waals surface area contributed by atoms with E-state index in [1.54, 1.807) is 4.90 Å². The summed E-state index contributed by atoms with van der Waals surface area (Å²) in [5.74, 6) is 0.329. The summed E-state index contributed by atoms with van der Waals surface area (Å²) in [7, 11) is 0. The van der Waals surface area contributed by atoms with Crippen LogP contribution < -0.4 is 10.1 Å². The number of rotatable bonds is 12. The minimum atomic E-state index is -0.653. The molecule has 0 saturated heterocycles. The molecule has 2 amide bonds. The minimum absolute atomic E-state index is 0.135. The number of benzene rings is 3. The summed E-state index contributed by atoms with van der Waals surface area (Å²) >= 11 is 0. The molecule has 0 aliphatic heterocycles. The molecular weight excluding hydrogens is 448 g/mol. The first-order chi connectivity index (χ1) is 17.4. The highest BCUT2D eigenvalue weighted by molar-refractivity contribution is 5.88. The van der Waals surface area contributed by atoms with Gasteiger partial charge in [-0.2, -0.15) is 0 Å². The van der Waals surface area contributed by atoms with Crippen LogP contribution in [0.5, 0.6) is 5.75 Å². The Bertz CT molecular complexity index is 1140. The maximum atomic E-state index is 13.7. The number of nitrogens with zero attached hydrogens (tertiary/aromatic N) is 1. The second kappa shape index (κ2) is 13.5. The summed E-state index contributed by atoms with van der Waals surface area (Å²) < 4.78 is 5.98. The number of unbranched alkanes of at least 4 members (excludes halogenated alkanes) is 1. The van der Waals surface area contributed by atoms with Crippen LogP contribution in [0.25, 0.3) is 0 Å². The zero-order valence-electron chi connectivity index (χ0n) is 21.9. The van der Waals surface area contributed by atoms with Crippen molar-refractivity contribution >= 4 is 11.8 Å². The zero-order chi connectivity index (χ0) is 25.9. The van der Waals surface area contributed by atoms with Gasteiger partial charge in [-0.1, -0.05) is 85.6 Å². The lowest BCUT2D eigenvalue weighted by molar-refractivity contribution is -0.142. The van der Waals surface area contributed by atoms with Gasteiger partial charge in [0.05, 0.1) is 0 Å².